The number of anilines is 1. The van der Waals surface area contributed by atoms with Gasteiger partial charge in [0.15, 0.2) is 5.82 Å². The van der Waals surface area contributed by atoms with Gasteiger partial charge in [-0.3, -0.25) is 0 Å². The molecule has 0 aliphatic rings. The lowest BCUT2D eigenvalue weighted by atomic mass is 10.3. The van der Waals surface area contributed by atoms with Gasteiger partial charge in [0.25, 0.3) is 0 Å². The van der Waals surface area contributed by atoms with E-state index in [4.69, 9.17) is 0 Å². The Kier molecular flexibility index (Phi) is 4.27. The Labute approximate surface area is 118 Å². The Balaban J connectivity index is 2.39. The molecule has 0 unspecified atom stereocenters. The maximum atomic E-state index is 4.53. The van der Waals surface area contributed by atoms with E-state index in [9.17, 15) is 0 Å². The van der Waals surface area contributed by atoms with Crippen LogP contribution < -0.4 is 5.32 Å². The minimum atomic E-state index is 0.697. The fourth-order valence-corrected chi connectivity index (χ4v) is 2.32. The van der Waals surface area contributed by atoms with Crippen LogP contribution in [0.3, 0.4) is 0 Å². The zero-order valence-corrected chi connectivity index (χ0v) is 12.7. The van der Waals surface area contributed by atoms with Crippen molar-refractivity contribution in [3.8, 4) is 11.5 Å². The van der Waals surface area contributed by atoms with E-state index in [1.54, 1.807) is 16.8 Å². The Hall–Kier alpha value is -0.760. The van der Waals surface area contributed by atoms with Crippen molar-refractivity contribution in [2.45, 2.75) is 20.3 Å². The molecule has 0 fully saturated rings. The molecule has 2 heterocycles. The fraction of sp³-hybridized carbons (Fsp3) is 0.364. The lowest BCUT2D eigenvalue weighted by molar-refractivity contribution is 0.957. The van der Waals surface area contributed by atoms with E-state index in [0.717, 1.165) is 33.7 Å². The van der Waals surface area contributed by atoms with Crippen molar-refractivity contribution in [3.63, 3.8) is 0 Å². The van der Waals surface area contributed by atoms with Crippen molar-refractivity contribution >= 4 is 39.7 Å². The van der Waals surface area contributed by atoms with Crippen molar-refractivity contribution in [3.05, 3.63) is 20.2 Å². The number of rotatable bonds is 4. The third-order valence-electron chi connectivity index (χ3n) is 2.22. The first-order valence-electron chi connectivity index (χ1n) is 5.39. The van der Waals surface area contributed by atoms with Crippen molar-refractivity contribution < 1.29 is 0 Å². The second-order valence-electron chi connectivity index (χ2n) is 3.60. The van der Waals surface area contributed by atoms with E-state index in [1.807, 2.05) is 12.3 Å². The van der Waals surface area contributed by atoms with Crippen LogP contribution in [-0.2, 0) is 0 Å². The summed E-state index contributed by atoms with van der Waals surface area (Å²) in [6.07, 6.45) is 1.07. The van der Waals surface area contributed by atoms with E-state index in [0.29, 0.717) is 5.82 Å². The van der Waals surface area contributed by atoms with Gasteiger partial charge < -0.3 is 5.32 Å². The third kappa shape index (κ3) is 2.92. The first kappa shape index (κ1) is 12.7. The highest BCUT2D eigenvalue weighted by Gasteiger charge is 2.11. The lowest BCUT2D eigenvalue weighted by Crippen LogP contribution is -2.07. The Morgan fingerprint density at radius 1 is 1.41 bits per heavy atom. The summed E-state index contributed by atoms with van der Waals surface area (Å²) in [7, 11) is 0. The zero-order chi connectivity index (χ0) is 12.3. The molecule has 0 radical (unpaired) electrons. The molecule has 2 aromatic heterocycles. The number of hydrogen-bond acceptors (Lipinski definition) is 5. The molecular weight excluding hydrogens is 347 g/mol. The van der Waals surface area contributed by atoms with Crippen LogP contribution in [0.5, 0.6) is 0 Å². The second-order valence-corrected chi connectivity index (χ2v) is 5.39. The predicted molar refractivity (Wildman–Crippen MR) is 79.4 cm³/mol. The van der Waals surface area contributed by atoms with Gasteiger partial charge in [0.1, 0.15) is 11.5 Å². The molecule has 0 aliphatic heterocycles. The number of aromatic nitrogens is 3. The maximum absolute atomic E-state index is 4.53. The molecule has 0 bridgehead atoms. The van der Waals surface area contributed by atoms with Crippen LogP contribution in [0.15, 0.2) is 10.9 Å². The van der Waals surface area contributed by atoms with Gasteiger partial charge in [0, 0.05) is 11.9 Å². The largest absolute Gasteiger partial charge is 0.369 e. The van der Waals surface area contributed by atoms with Gasteiger partial charge in [0.05, 0.1) is 14.8 Å². The van der Waals surface area contributed by atoms with Crippen LogP contribution in [0.1, 0.15) is 19.0 Å². The molecule has 0 spiro atoms. The van der Waals surface area contributed by atoms with Crippen molar-refractivity contribution in [2.75, 3.05) is 11.9 Å². The summed E-state index contributed by atoms with van der Waals surface area (Å²) in [5, 5.41) is 5.29. The molecule has 0 saturated heterocycles. The highest BCUT2D eigenvalue weighted by Crippen LogP contribution is 2.23. The molecule has 1 N–H and O–H groups in total. The smallest absolute Gasteiger partial charge is 0.181 e. The number of halogens is 1. The fourth-order valence-electron chi connectivity index (χ4n) is 1.36. The molecular formula is C11H13IN4S. The van der Waals surface area contributed by atoms with Gasteiger partial charge in [0.2, 0.25) is 0 Å². The normalized spacial score (nSPS) is 10.5. The average molecular weight is 360 g/mol. The molecule has 6 heteroatoms. The Morgan fingerprint density at radius 2 is 2.24 bits per heavy atom. The first-order chi connectivity index (χ1) is 8.22. The SMILES string of the molecule is CCCNc1nc(-c2cscn2)nc(C)c1I. The summed E-state index contributed by atoms with van der Waals surface area (Å²) >= 11 is 3.83. The number of nitrogens with one attached hydrogen (secondary N) is 1. The topological polar surface area (TPSA) is 50.7 Å². The minimum absolute atomic E-state index is 0.697. The van der Waals surface area contributed by atoms with Gasteiger partial charge in [-0.1, -0.05) is 6.92 Å². The Bertz CT molecular complexity index is 498. The zero-order valence-electron chi connectivity index (χ0n) is 9.70. The minimum Gasteiger partial charge on any atom is -0.369 e. The van der Waals surface area contributed by atoms with E-state index < -0.39 is 0 Å². The molecule has 0 atom stereocenters. The number of thiazole rings is 1. The first-order valence-corrected chi connectivity index (χ1v) is 7.41. The summed E-state index contributed by atoms with van der Waals surface area (Å²) in [5.74, 6) is 1.60. The highest BCUT2D eigenvalue weighted by molar-refractivity contribution is 14.1. The van der Waals surface area contributed by atoms with Crippen molar-refractivity contribution in [1.82, 2.24) is 15.0 Å². The molecule has 0 aromatic carbocycles. The van der Waals surface area contributed by atoms with E-state index >= 15 is 0 Å². The third-order valence-corrected chi connectivity index (χ3v) is 4.10. The molecule has 0 aliphatic carbocycles. The highest BCUT2D eigenvalue weighted by atomic mass is 127. The summed E-state index contributed by atoms with van der Waals surface area (Å²) in [4.78, 5) is 13.2. The van der Waals surface area contributed by atoms with Crippen LogP contribution in [0.4, 0.5) is 5.82 Å². The molecule has 0 amide bonds. The van der Waals surface area contributed by atoms with Gasteiger partial charge in [-0.15, -0.1) is 11.3 Å². The number of aryl methyl sites for hydroxylation is 1. The maximum Gasteiger partial charge on any atom is 0.181 e. The van der Waals surface area contributed by atoms with Crippen LogP contribution in [0, 0.1) is 10.5 Å². The predicted octanol–water partition coefficient (Wildman–Crippen LogP) is 3.34. The standard InChI is InChI=1S/C11H13IN4S/c1-3-4-13-11-9(12)7(2)15-10(16-11)8-5-17-6-14-8/h5-6H,3-4H2,1-2H3,(H,13,15,16). The summed E-state index contributed by atoms with van der Waals surface area (Å²) in [6, 6.07) is 0. The molecule has 17 heavy (non-hydrogen) atoms. The van der Waals surface area contributed by atoms with Crippen LogP contribution in [0.25, 0.3) is 11.5 Å². The second kappa shape index (κ2) is 5.72. The van der Waals surface area contributed by atoms with Gasteiger partial charge >= 0.3 is 0 Å². The molecule has 0 saturated carbocycles. The van der Waals surface area contributed by atoms with Crippen molar-refractivity contribution in [2.24, 2.45) is 0 Å². The summed E-state index contributed by atoms with van der Waals surface area (Å²) < 4.78 is 1.08. The van der Waals surface area contributed by atoms with Crippen LogP contribution >= 0.6 is 33.9 Å². The van der Waals surface area contributed by atoms with Gasteiger partial charge in [-0.05, 0) is 35.9 Å². The van der Waals surface area contributed by atoms with Gasteiger partial charge in [-0.2, -0.15) is 0 Å². The Morgan fingerprint density at radius 3 is 2.88 bits per heavy atom. The number of hydrogen-bond donors (Lipinski definition) is 1. The van der Waals surface area contributed by atoms with E-state index in [2.05, 4.69) is 49.8 Å². The number of nitrogens with zero attached hydrogens (tertiary/aromatic N) is 3. The summed E-state index contributed by atoms with van der Waals surface area (Å²) in [6.45, 7) is 5.05. The molecule has 4 nitrogen and oxygen atoms in total. The van der Waals surface area contributed by atoms with Crippen LogP contribution in [0.2, 0.25) is 0 Å². The average Bonchev–Trinajstić information content (AvgIpc) is 2.84. The molecule has 2 rings (SSSR count). The van der Waals surface area contributed by atoms with E-state index in [-0.39, 0.29) is 0 Å². The monoisotopic (exact) mass is 360 g/mol. The summed E-state index contributed by atoms with van der Waals surface area (Å²) in [5.41, 5.74) is 3.63. The van der Waals surface area contributed by atoms with E-state index in [1.165, 1.54) is 0 Å². The molecule has 90 valence electrons. The molecule has 2 aromatic rings. The van der Waals surface area contributed by atoms with Crippen molar-refractivity contribution in [1.29, 1.82) is 0 Å². The lowest BCUT2D eigenvalue weighted by Gasteiger charge is -2.09. The van der Waals surface area contributed by atoms with Crippen LogP contribution in [-0.4, -0.2) is 21.5 Å². The van der Waals surface area contributed by atoms with Gasteiger partial charge in [-0.25, -0.2) is 15.0 Å². The quantitative estimate of drug-likeness (QED) is 0.850.